The van der Waals surface area contributed by atoms with Crippen LogP contribution in [0.2, 0.25) is 0 Å². The van der Waals surface area contributed by atoms with Crippen molar-refractivity contribution in [3.05, 3.63) is 71.4 Å². The molecule has 1 fully saturated rings. The number of hydrogen-bond donors (Lipinski definition) is 2. The summed E-state index contributed by atoms with van der Waals surface area (Å²) < 4.78 is 65.0. The van der Waals surface area contributed by atoms with Crippen LogP contribution in [0.4, 0.5) is 36.3 Å². The van der Waals surface area contributed by atoms with Crippen LogP contribution in [0.5, 0.6) is 0 Å². The highest BCUT2D eigenvalue weighted by Crippen LogP contribution is 2.51. The molecule has 0 atom stereocenters. The van der Waals surface area contributed by atoms with Crippen LogP contribution in [0.25, 0.3) is 0 Å². The van der Waals surface area contributed by atoms with E-state index < -0.39 is 25.2 Å². The van der Waals surface area contributed by atoms with Gasteiger partial charge in [-0.2, -0.15) is 18.2 Å². The van der Waals surface area contributed by atoms with Crippen molar-refractivity contribution in [2.24, 2.45) is 0 Å². The van der Waals surface area contributed by atoms with Crippen LogP contribution in [0.3, 0.4) is 0 Å². The molecule has 3 aromatic rings. The predicted molar refractivity (Wildman–Crippen MR) is 146 cm³/mol. The fourth-order valence-corrected chi connectivity index (χ4v) is 6.01. The van der Waals surface area contributed by atoms with Crippen molar-refractivity contribution in [3.63, 3.8) is 0 Å². The summed E-state index contributed by atoms with van der Waals surface area (Å²) in [6.07, 6.45) is -2.18. The quantitative estimate of drug-likeness (QED) is 0.235. The van der Waals surface area contributed by atoms with Crippen LogP contribution < -0.4 is 10.6 Å². The molecule has 13 heteroatoms. The van der Waals surface area contributed by atoms with E-state index in [9.17, 15) is 22.5 Å². The molecule has 0 radical (unpaired) electrons. The standard InChI is InChI=1S/C27H31F3N5O4P/c1-3-38-40(37,39-4-2)18-19-11-13-20(14-12-19)32-26-31-17-22(27(28,29)30)24(34-26)33-23-10-6-5-9-21(23)25(36)35-15-7-8-16-35/h5-6,9-14,17H,3-4,7-8,15-16,18H2,1-2H3,(H2,31,32,33,34). The summed E-state index contributed by atoms with van der Waals surface area (Å²) in [5.74, 6) is -0.821. The molecule has 2 N–H and O–H groups in total. The van der Waals surface area contributed by atoms with Crippen molar-refractivity contribution in [3.8, 4) is 0 Å². The van der Waals surface area contributed by atoms with Gasteiger partial charge in [0.15, 0.2) is 0 Å². The lowest BCUT2D eigenvalue weighted by Gasteiger charge is -2.19. The highest BCUT2D eigenvalue weighted by molar-refractivity contribution is 7.53. The maximum Gasteiger partial charge on any atom is 0.421 e. The van der Waals surface area contributed by atoms with Gasteiger partial charge in [0, 0.05) is 25.0 Å². The Morgan fingerprint density at radius 2 is 1.65 bits per heavy atom. The Labute approximate surface area is 230 Å². The van der Waals surface area contributed by atoms with Gasteiger partial charge in [-0.3, -0.25) is 9.36 Å². The van der Waals surface area contributed by atoms with Gasteiger partial charge in [-0.1, -0.05) is 24.3 Å². The second-order valence-corrected chi connectivity index (χ2v) is 11.1. The first-order valence-electron chi connectivity index (χ1n) is 13.0. The van der Waals surface area contributed by atoms with Crippen molar-refractivity contribution >= 4 is 36.6 Å². The molecule has 0 unspecified atom stereocenters. The largest absolute Gasteiger partial charge is 0.421 e. The maximum absolute atomic E-state index is 13.8. The van der Waals surface area contributed by atoms with Crippen LogP contribution in [-0.4, -0.2) is 47.1 Å². The van der Waals surface area contributed by atoms with Gasteiger partial charge >= 0.3 is 13.8 Å². The topological polar surface area (TPSA) is 106 Å². The van der Waals surface area contributed by atoms with Crippen LogP contribution in [0.1, 0.15) is 48.2 Å². The lowest BCUT2D eigenvalue weighted by Crippen LogP contribution is -2.28. The monoisotopic (exact) mass is 577 g/mol. The summed E-state index contributed by atoms with van der Waals surface area (Å²) in [5, 5.41) is 5.61. The number of nitrogens with one attached hydrogen (secondary N) is 2. The molecule has 1 saturated heterocycles. The minimum atomic E-state index is -4.73. The van der Waals surface area contributed by atoms with Crippen LogP contribution in [-0.2, 0) is 26.0 Å². The van der Waals surface area contributed by atoms with Crippen molar-refractivity contribution in [1.82, 2.24) is 14.9 Å². The summed E-state index contributed by atoms with van der Waals surface area (Å²) >= 11 is 0. The molecule has 0 spiro atoms. The zero-order valence-electron chi connectivity index (χ0n) is 22.2. The molecule has 1 aliphatic heterocycles. The van der Waals surface area contributed by atoms with E-state index in [1.807, 2.05) is 0 Å². The average Bonchev–Trinajstić information content (AvgIpc) is 3.45. The molecular weight excluding hydrogens is 546 g/mol. The second kappa shape index (κ2) is 12.8. The molecule has 0 saturated carbocycles. The summed E-state index contributed by atoms with van der Waals surface area (Å²) in [6, 6.07) is 13.2. The Morgan fingerprint density at radius 3 is 2.27 bits per heavy atom. The number of para-hydroxylation sites is 1. The summed E-state index contributed by atoms with van der Waals surface area (Å²) in [5.41, 5.74) is 0.608. The van der Waals surface area contributed by atoms with E-state index in [2.05, 4.69) is 20.6 Å². The summed E-state index contributed by atoms with van der Waals surface area (Å²) in [4.78, 5) is 22.7. The zero-order valence-corrected chi connectivity index (χ0v) is 23.1. The van der Waals surface area contributed by atoms with Gasteiger partial charge in [0.05, 0.1) is 30.6 Å². The van der Waals surface area contributed by atoms with Gasteiger partial charge in [0.2, 0.25) is 5.95 Å². The molecular formula is C27H31F3N5O4P. The molecule has 0 aliphatic carbocycles. The highest BCUT2D eigenvalue weighted by atomic mass is 31.2. The molecule has 40 heavy (non-hydrogen) atoms. The SMILES string of the molecule is CCOP(=O)(Cc1ccc(Nc2ncc(C(F)(F)F)c(Nc3ccccc3C(=O)N3CCCC3)n2)cc1)OCC. The third kappa shape index (κ3) is 7.38. The Balaban J connectivity index is 1.57. The van der Waals surface area contributed by atoms with Crippen LogP contribution >= 0.6 is 7.60 Å². The van der Waals surface area contributed by atoms with Gasteiger partial charge in [-0.15, -0.1) is 0 Å². The Hall–Kier alpha value is -3.47. The predicted octanol–water partition coefficient (Wildman–Crippen LogP) is 6.98. The fourth-order valence-electron chi connectivity index (χ4n) is 4.31. The Morgan fingerprint density at radius 1 is 1.00 bits per heavy atom. The number of alkyl halides is 3. The van der Waals surface area contributed by atoms with E-state index in [1.54, 1.807) is 67.3 Å². The van der Waals surface area contributed by atoms with Crippen molar-refractivity contribution in [2.75, 3.05) is 36.9 Å². The summed E-state index contributed by atoms with van der Waals surface area (Å²) in [6.45, 7) is 5.17. The molecule has 9 nitrogen and oxygen atoms in total. The van der Waals surface area contributed by atoms with Crippen molar-refractivity contribution in [2.45, 2.75) is 39.0 Å². The van der Waals surface area contributed by atoms with Crippen LogP contribution in [0, 0.1) is 0 Å². The number of rotatable bonds is 11. The summed E-state index contributed by atoms with van der Waals surface area (Å²) in [7, 11) is -3.29. The molecule has 214 valence electrons. The first kappa shape index (κ1) is 29.5. The molecule has 0 bridgehead atoms. The normalized spacial score (nSPS) is 13.9. The smallest absolute Gasteiger partial charge is 0.339 e. The molecule has 1 aliphatic rings. The first-order valence-corrected chi connectivity index (χ1v) is 14.7. The number of hydrogen-bond acceptors (Lipinski definition) is 8. The number of carbonyl (C=O) groups excluding carboxylic acids is 1. The van der Waals surface area contributed by atoms with E-state index in [-0.39, 0.29) is 42.5 Å². The maximum atomic E-state index is 13.8. The minimum absolute atomic E-state index is 0.0787. The number of likely N-dealkylation sites (tertiary alicyclic amines) is 1. The van der Waals surface area contributed by atoms with Gasteiger partial charge in [-0.25, -0.2) is 4.98 Å². The number of anilines is 4. The number of amides is 1. The molecule has 1 aromatic heterocycles. The molecule has 1 amide bonds. The van der Waals surface area contributed by atoms with E-state index in [0.717, 1.165) is 12.8 Å². The lowest BCUT2D eigenvalue weighted by molar-refractivity contribution is -0.137. The van der Waals surface area contributed by atoms with Gasteiger partial charge in [0.1, 0.15) is 11.4 Å². The van der Waals surface area contributed by atoms with Crippen molar-refractivity contribution < 1.29 is 31.6 Å². The third-order valence-corrected chi connectivity index (χ3v) is 8.19. The van der Waals surface area contributed by atoms with Gasteiger partial charge in [-0.05, 0) is 56.5 Å². The average molecular weight is 578 g/mol. The van der Waals surface area contributed by atoms with E-state index in [0.29, 0.717) is 30.5 Å². The molecule has 2 aromatic carbocycles. The molecule has 4 rings (SSSR count). The fraction of sp³-hybridized carbons (Fsp3) is 0.370. The third-order valence-electron chi connectivity index (χ3n) is 6.14. The second-order valence-electron chi connectivity index (χ2n) is 9.05. The van der Waals surface area contributed by atoms with E-state index in [4.69, 9.17) is 9.05 Å². The highest BCUT2D eigenvalue weighted by Gasteiger charge is 2.36. The van der Waals surface area contributed by atoms with E-state index in [1.165, 1.54) is 0 Å². The Bertz CT molecular complexity index is 1360. The Kier molecular flexibility index (Phi) is 9.44. The minimum Gasteiger partial charge on any atom is -0.339 e. The number of nitrogens with zero attached hydrogens (tertiary/aromatic N) is 3. The van der Waals surface area contributed by atoms with Gasteiger partial charge < -0.3 is 24.6 Å². The molecule has 2 heterocycles. The van der Waals surface area contributed by atoms with Crippen LogP contribution in [0.15, 0.2) is 54.7 Å². The number of benzene rings is 2. The zero-order chi connectivity index (χ0) is 28.8. The number of halogens is 3. The lowest BCUT2D eigenvalue weighted by atomic mass is 10.1. The van der Waals surface area contributed by atoms with Crippen molar-refractivity contribution in [1.29, 1.82) is 0 Å². The van der Waals surface area contributed by atoms with Gasteiger partial charge in [0.25, 0.3) is 5.91 Å². The number of aromatic nitrogens is 2. The van der Waals surface area contributed by atoms with E-state index >= 15 is 0 Å². The number of carbonyl (C=O) groups is 1. The first-order chi connectivity index (χ1) is 19.1.